The first-order valence-electron chi connectivity index (χ1n) is 7.50. The summed E-state index contributed by atoms with van der Waals surface area (Å²) in [4.78, 5) is 14.1. The van der Waals surface area contributed by atoms with Crippen molar-refractivity contribution in [2.45, 2.75) is 26.2 Å². The molecule has 0 bridgehead atoms. The zero-order valence-corrected chi connectivity index (χ0v) is 13.6. The van der Waals surface area contributed by atoms with Gasteiger partial charge in [-0.15, -0.1) is 11.3 Å². The highest BCUT2D eigenvalue weighted by Gasteiger charge is 2.20. The van der Waals surface area contributed by atoms with E-state index < -0.39 is 0 Å². The summed E-state index contributed by atoms with van der Waals surface area (Å²) in [5.41, 5.74) is 4.17. The number of carbonyl (C=O) groups is 1. The first-order valence-corrected chi connectivity index (χ1v) is 8.31. The number of amides is 1. The Labute approximate surface area is 138 Å². The Hall–Kier alpha value is -2.34. The minimum atomic E-state index is -0.244. The summed E-state index contributed by atoms with van der Waals surface area (Å²) >= 11 is 1.53. The maximum absolute atomic E-state index is 12.2. The SMILES string of the molecule is C[C@H]1CCc2sc(C(=O)N/N=C/c3ccc(O)cc3O)cc2C1. The Bertz CT molecular complexity index is 767. The van der Waals surface area contributed by atoms with E-state index in [0.29, 0.717) is 16.4 Å². The van der Waals surface area contributed by atoms with Gasteiger partial charge in [-0.05, 0) is 48.9 Å². The molecular formula is C17H18N2O3S. The van der Waals surface area contributed by atoms with E-state index in [1.54, 1.807) is 0 Å². The lowest BCUT2D eigenvalue weighted by atomic mass is 9.90. The summed E-state index contributed by atoms with van der Waals surface area (Å²) in [6.07, 6.45) is 4.60. The van der Waals surface area contributed by atoms with Crippen molar-refractivity contribution in [3.05, 3.63) is 45.1 Å². The number of nitrogens with one attached hydrogen (secondary N) is 1. The number of fused-ring (bicyclic) bond motifs is 1. The van der Waals surface area contributed by atoms with Crippen LogP contribution in [0, 0.1) is 5.92 Å². The molecule has 5 nitrogen and oxygen atoms in total. The van der Waals surface area contributed by atoms with Gasteiger partial charge in [0.25, 0.3) is 5.91 Å². The highest BCUT2D eigenvalue weighted by atomic mass is 32.1. The van der Waals surface area contributed by atoms with Crippen LogP contribution in [0.2, 0.25) is 0 Å². The smallest absolute Gasteiger partial charge is 0.281 e. The van der Waals surface area contributed by atoms with Gasteiger partial charge in [-0.25, -0.2) is 5.43 Å². The number of thiophene rings is 1. The summed E-state index contributed by atoms with van der Waals surface area (Å²) in [6, 6.07) is 6.14. The van der Waals surface area contributed by atoms with Crippen LogP contribution >= 0.6 is 11.3 Å². The molecule has 1 aliphatic rings. The number of hydrazone groups is 1. The Morgan fingerprint density at radius 3 is 3.00 bits per heavy atom. The molecule has 120 valence electrons. The normalized spacial score (nSPS) is 17.2. The molecular weight excluding hydrogens is 312 g/mol. The molecule has 0 unspecified atom stereocenters. The van der Waals surface area contributed by atoms with Crippen LogP contribution in [-0.2, 0) is 12.8 Å². The molecule has 3 N–H and O–H groups in total. The van der Waals surface area contributed by atoms with Gasteiger partial charge in [0.2, 0.25) is 0 Å². The van der Waals surface area contributed by atoms with Crippen molar-refractivity contribution in [2.24, 2.45) is 11.0 Å². The third-order valence-electron chi connectivity index (χ3n) is 3.94. The monoisotopic (exact) mass is 330 g/mol. The lowest BCUT2D eigenvalue weighted by Gasteiger charge is -2.16. The van der Waals surface area contributed by atoms with Crippen LogP contribution in [0.25, 0.3) is 0 Å². The second-order valence-corrected chi connectivity index (χ2v) is 6.99. The van der Waals surface area contributed by atoms with E-state index in [2.05, 4.69) is 17.5 Å². The van der Waals surface area contributed by atoms with E-state index in [1.165, 1.54) is 52.6 Å². The second kappa shape index (κ2) is 6.42. The van der Waals surface area contributed by atoms with Gasteiger partial charge in [0.15, 0.2) is 0 Å². The van der Waals surface area contributed by atoms with Crippen molar-refractivity contribution >= 4 is 23.5 Å². The zero-order valence-electron chi connectivity index (χ0n) is 12.7. The summed E-state index contributed by atoms with van der Waals surface area (Å²) < 4.78 is 0. The number of carbonyl (C=O) groups excluding carboxylic acids is 1. The van der Waals surface area contributed by atoms with Gasteiger partial charge in [0.05, 0.1) is 11.1 Å². The molecule has 3 rings (SSSR count). The van der Waals surface area contributed by atoms with Crippen LogP contribution < -0.4 is 5.43 Å². The maximum Gasteiger partial charge on any atom is 0.281 e. The first-order chi connectivity index (χ1) is 11.0. The molecule has 0 saturated carbocycles. The molecule has 0 aliphatic heterocycles. The van der Waals surface area contributed by atoms with Crippen molar-refractivity contribution in [1.29, 1.82) is 0 Å². The number of phenolic OH excluding ortho intramolecular Hbond substituents is 2. The summed E-state index contributed by atoms with van der Waals surface area (Å²) in [5.74, 6) is 0.306. The van der Waals surface area contributed by atoms with E-state index in [1.807, 2.05) is 6.07 Å². The molecule has 1 aliphatic carbocycles. The van der Waals surface area contributed by atoms with Crippen molar-refractivity contribution < 1.29 is 15.0 Å². The van der Waals surface area contributed by atoms with E-state index >= 15 is 0 Å². The number of benzene rings is 1. The van der Waals surface area contributed by atoms with Gasteiger partial charge in [-0.1, -0.05) is 6.92 Å². The molecule has 1 aromatic carbocycles. The third kappa shape index (κ3) is 3.53. The second-order valence-electron chi connectivity index (χ2n) is 5.85. The van der Waals surface area contributed by atoms with E-state index in [0.717, 1.165) is 12.8 Å². The predicted octanol–water partition coefficient (Wildman–Crippen LogP) is 3.05. The molecule has 6 heteroatoms. The topological polar surface area (TPSA) is 81.9 Å². The number of aryl methyl sites for hydroxylation is 1. The van der Waals surface area contributed by atoms with Crippen molar-refractivity contribution in [1.82, 2.24) is 5.43 Å². The number of hydrogen-bond donors (Lipinski definition) is 3. The molecule has 2 aromatic rings. The highest BCUT2D eigenvalue weighted by molar-refractivity contribution is 7.14. The lowest BCUT2D eigenvalue weighted by Crippen LogP contribution is -2.16. The summed E-state index contributed by atoms with van der Waals surface area (Å²) in [7, 11) is 0. The largest absolute Gasteiger partial charge is 0.508 e. The molecule has 0 radical (unpaired) electrons. The number of hydrogen-bond acceptors (Lipinski definition) is 5. The Morgan fingerprint density at radius 2 is 2.22 bits per heavy atom. The zero-order chi connectivity index (χ0) is 16.4. The minimum absolute atomic E-state index is 0.0259. The quantitative estimate of drug-likeness (QED) is 0.597. The Balaban J connectivity index is 1.66. The molecule has 1 atom stereocenters. The van der Waals surface area contributed by atoms with Crippen LogP contribution in [0.1, 0.15) is 39.0 Å². The average molecular weight is 330 g/mol. The molecule has 0 saturated heterocycles. The highest BCUT2D eigenvalue weighted by Crippen LogP contribution is 2.32. The number of rotatable bonds is 3. The third-order valence-corrected chi connectivity index (χ3v) is 5.17. The van der Waals surface area contributed by atoms with Gasteiger partial charge in [-0.2, -0.15) is 5.10 Å². The van der Waals surface area contributed by atoms with Crippen LogP contribution in [-0.4, -0.2) is 22.3 Å². The van der Waals surface area contributed by atoms with Crippen molar-refractivity contribution in [3.8, 4) is 11.5 Å². The summed E-state index contributed by atoms with van der Waals surface area (Å²) in [6.45, 7) is 2.23. The Morgan fingerprint density at radius 1 is 1.39 bits per heavy atom. The lowest BCUT2D eigenvalue weighted by molar-refractivity contribution is 0.0959. The van der Waals surface area contributed by atoms with Gasteiger partial charge in [0.1, 0.15) is 11.5 Å². The fourth-order valence-electron chi connectivity index (χ4n) is 2.67. The van der Waals surface area contributed by atoms with E-state index in [4.69, 9.17) is 0 Å². The van der Waals surface area contributed by atoms with Crippen LogP contribution in [0.5, 0.6) is 11.5 Å². The fraction of sp³-hybridized carbons (Fsp3) is 0.294. The van der Waals surface area contributed by atoms with Crippen LogP contribution in [0.4, 0.5) is 0 Å². The van der Waals surface area contributed by atoms with Gasteiger partial charge in [0, 0.05) is 16.5 Å². The Kier molecular flexibility index (Phi) is 4.34. The van der Waals surface area contributed by atoms with Crippen LogP contribution in [0.3, 0.4) is 0 Å². The molecule has 1 aromatic heterocycles. The summed E-state index contributed by atoms with van der Waals surface area (Å²) in [5, 5.41) is 22.7. The molecule has 0 fully saturated rings. The number of nitrogens with zero attached hydrogens (tertiary/aromatic N) is 1. The van der Waals surface area contributed by atoms with Crippen molar-refractivity contribution in [3.63, 3.8) is 0 Å². The molecule has 1 heterocycles. The maximum atomic E-state index is 12.2. The van der Waals surface area contributed by atoms with Gasteiger partial charge < -0.3 is 10.2 Å². The molecule has 1 amide bonds. The molecule has 0 spiro atoms. The minimum Gasteiger partial charge on any atom is -0.508 e. The van der Waals surface area contributed by atoms with Crippen LogP contribution in [0.15, 0.2) is 29.4 Å². The average Bonchev–Trinajstić information content (AvgIpc) is 2.92. The number of phenols is 2. The van der Waals surface area contributed by atoms with Gasteiger partial charge in [-0.3, -0.25) is 4.79 Å². The van der Waals surface area contributed by atoms with Crippen molar-refractivity contribution in [2.75, 3.05) is 0 Å². The number of aromatic hydroxyl groups is 2. The van der Waals surface area contributed by atoms with E-state index in [9.17, 15) is 15.0 Å². The predicted molar refractivity (Wildman–Crippen MR) is 90.3 cm³/mol. The van der Waals surface area contributed by atoms with E-state index in [-0.39, 0.29) is 17.4 Å². The first kappa shape index (κ1) is 15.6. The van der Waals surface area contributed by atoms with Gasteiger partial charge >= 0.3 is 0 Å². The molecule has 23 heavy (non-hydrogen) atoms. The standard InChI is InChI=1S/C17H18N2O3S/c1-10-2-5-15-12(6-10)7-16(23-15)17(22)19-18-9-11-3-4-13(20)8-14(11)21/h3-4,7-10,20-21H,2,5-6H2,1H3,(H,19,22)/b18-9+/t10-/m0/s1. The fourth-order valence-corrected chi connectivity index (χ4v) is 3.77.